The van der Waals surface area contributed by atoms with Crippen molar-refractivity contribution in [2.75, 3.05) is 25.0 Å². The van der Waals surface area contributed by atoms with E-state index in [0.29, 0.717) is 0 Å². The van der Waals surface area contributed by atoms with Crippen LogP contribution in [-0.2, 0) is 9.59 Å². The number of carbonyl (C=O) groups excluding carboxylic acids is 1. The van der Waals surface area contributed by atoms with E-state index in [-0.39, 0.29) is 19.0 Å². The number of carboxylic acid groups (broad SMARTS) is 1. The third-order valence-electron chi connectivity index (χ3n) is 2.26. The number of amides is 1. The summed E-state index contributed by atoms with van der Waals surface area (Å²) < 4.78 is 0. The number of carbonyl (C=O) groups is 2. The van der Waals surface area contributed by atoms with Gasteiger partial charge in [-0.15, -0.1) is 0 Å². The topological polar surface area (TPSA) is 69.6 Å². The van der Waals surface area contributed by atoms with Gasteiger partial charge in [0.25, 0.3) is 0 Å². The summed E-state index contributed by atoms with van der Waals surface area (Å²) >= 11 is 0. The highest BCUT2D eigenvalue weighted by Gasteiger charge is 2.08. The molecule has 2 N–H and O–H groups in total. The molecule has 1 amide bonds. The van der Waals surface area contributed by atoms with Crippen molar-refractivity contribution in [3.63, 3.8) is 0 Å². The van der Waals surface area contributed by atoms with Gasteiger partial charge in [0, 0.05) is 12.7 Å². The molecule has 5 heteroatoms. The minimum atomic E-state index is -1.04. The summed E-state index contributed by atoms with van der Waals surface area (Å²) in [5, 5.41) is 10.7. The molecule has 0 saturated carbocycles. The van der Waals surface area contributed by atoms with Crippen molar-refractivity contribution in [2.45, 2.75) is 6.92 Å². The van der Waals surface area contributed by atoms with Crippen LogP contribution in [0.5, 0.6) is 0 Å². The lowest BCUT2D eigenvalue weighted by molar-refractivity contribution is -0.137. The fourth-order valence-corrected chi connectivity index (χ4v) is 1.40. The van der Waals surface area contributed by atoms with Crippen molar-refractivity contribution in [3.8, 4) is 0 Å². The van der Waals surface area contributed by atoms with Crippen LogP contribution >= 0.6 is 0 Å². The van der Waals surface area contributed by atoms with Gasteiger partial charge in [-0.2, -0.15) is 0 Å². The molecule has 0 aliphatic carbocycles. The number of benzene rings is 1. The van der Waals surface area contributed by atoms with Crippen molar-refractivity contribution in [2.24, 2.45) is 0 Å². The number of rotatable bonds is 5. The normalized spacial score (nSPS) is 9.76. The maximum absolute atomic E-state index is 11.4. The van der Waals surface area contributed by atoms with Crippen LogP contribution < -0.4 is 10.2 Å². The number of nitrogens with zero attached hydrogens (tertiary/aromatic N) is 1. The lowest BCUT2D eigenvalue weighted by atomic mass is 10.2. The van der Waals surface area contributed by atoms with E-state index in [9.17, 15) is 9.59 Å². The summed E-state index contributed by atoms with van der Waals surface area (Å²) in [4.78, 5) is 23.4. The third-order valence-corrected chi connectivity index (χ3v) is 2.26. The second-order valence-corrected chi connectivity index (χ2v) is 3.87. The second-order valence-electron chi connectivity index (χ2n) is 3.87. The molecule has 0 spiro atoms. The summed E-state index contributed by atoms with van der Waals surface area (Å²) in [5.41, 5.74) is 2.04. The van der Waals surface area contributed by atoms with Gasteiger partial charge in [-0.1, -0.05) is 12.1 Å². The Morgan fingerprint density at radius 2 is 2.12 bits per heavy atom. The number of aryl methyl sites for hydroxylation is 1. The van der Waals surface area contributed by atoms with Gasteiger partial charge in [0.2, 0.25) is 5.91 Å². The van der Waals surface area contributed by atoms with E-state index in [1.807, 2.05) is 31.2 Å². The Balaban J connectivity index is 2.51. The van der Waals surface area contributed by atoms with Gasteiger partial charge in [0.1, 0.15) is 6.54 Å². The molecule has 0 heterocycles. The van der Waals surface area contributed by atoms with E-state index < -0.39 is 5.97 Å². The monoisotopic (exact) mass is 236 g/mol. The zero-order valence-corrected chi connectivity index (χ0v) is 9.93. The highest BCUT2D eigenvalue weighted by atomic mass is 16.4. The van der Waals surface area contributed by atoms with E-state index in [1.54, 1.807) is 11.9 Å². The van der Waals surface area contributed by atoms with Crippen LogP contribution in [-0.4, -0.2) is 37.1 Å². The number of anilines is 1. The zero-order valence-electron chi connectivity index (χ0n) is 9.93. The molecular formula is C12H16N2O3. The van der Waals surface area contributed by atoms with Gasteiger partial charge in [0.15, 0.2) is 0 Å². The van der Waals surface area contributed by atoms with E-state index in [2.05, 4.69) is 5.32 Å². The molecular weight excluding hydrogens is 220 g/mol. The molecule has 0 fully saturated rings. The van der Waals surface area contributed by atoms with Crippen LogP contribution in [0, 0.1) is 6.92 Å². The standard InChI is InChI=1S/C12H16N2O3/c1-9-4-3-5-10(6-9)14(2)8-11(15)13-7-12(16)17/h3-6H,7-8H2,1-2H3,(H,13,15)(H,16,17). The molecule has 5 nitrogen and oxygen atoms in total. The van der Waals surface area contributed by atoms with Gasteiger partial charge < -0.3 is 15.3 Å². The Hall–Kier alpha value is -2.04. The van der Waals surface area contributed by atoms with E-state index in [0.717, 1.165) is 11.3 Å². The van der Waals surface area contributed by atoms with Crippen molar-refractivity contribution < 1.29 is 14.7 Å². The number of nitrogens with one attached hydrogen (secondary N) is 1. The third kappa shape index (κ3) is 4.55. The summed E-state index contributed by atoms with van der Waals surface area (Å²) in [6.07, 6.45) is 0. The number of hydrogen-bond acceptors (Lipinski definition) is 3. The number of likely N-dealkylation sites (N-methyl/N-ethyl adjacent to an activating group) is 1. The van der Waals surface area contributed by atoms with Gasteiger partial charge in [-0.25, -0.2) is 0 Å². The molecule has 1 aromatic rings. The molecule has 0 aliphatic rings. The first kappa shape index (κ1) is 13.0. The molecule has 0 bridgehead atoms. The Morgan fingerprint density at radius 3 is 2.71 bits per heavy atom. The molecule has 0 saturated heterocycles. The molecule has 0 radical (unpaired) electrons. The van der Waals surface area contributed by atoms with Gasteiger partial charge >= 0.3 is 5.97 Å². The Kier molecular flexibility index (Phi) is 4.51. The SMILES string of the molecule is Cc1cccc(N(C)CC(=O)NCC(=O)O)c1. The molecule has 0 aromatic heterocycles. The fraction of sp³-hybridized carbons (Fsp3) is 0.333. The zero-order chi connectivity index (χ0) is 12.8. The predicted molar refractivity (Wildman–Crippen MR) is 65.1 cm³/mol. The van der Waals surface area contributed by atoms with Crippen LogP contribution in [0.25, 0.3) is 0 Å². The second kappa shape index (κ2) is 5.89. The Labute approximate surface area is 100 Å². The number of aliphatic carboxylic acids is 1. The number of carboxylic acids is 1. The first-order valence-electron chi connectivity index (χ1n) is 5.25. The summed E-state index contributed by atoms with van der Waals surface area (Å²) in [6, 6.07) is 7.75. The molecule has 0 aliphatic heterocycles. The first-order valence-corrected chi connectivity index (χ1v) is 5.25. The van der Waals surface area contributed by atoms with Crippen LogP contribution in [0.1, 0.15) is 5.56 Å². The summed E-state index contributed by atoms with van der Waals surface area (Å²) in [5.74, 6) is -1.35. The average Bonchev–Trinajstić information content (AvgIpc) is 2.26. The molecule has 1 aromatic carbocycles. The van der Waals surface area contributed by atoms with Crippen LogP contribution in [0.2, 0.25) is 0 Å². The molecule has 0 unspecified atom stereocenters. The lowest BCUT2D eigenvalue weighted by Crippen LogP contribution is -2.37. The van der Waals surface area contributed by atoms with Gasteiger partial charge in [-0.05, 0) is 24.6 Å². The summed E-state index contributed by atoms with van der Waals surface area (Å²) in [6.45, 7) is 1.76. The van der Waals surface area contributed by atoms with Gasteiger partial charge in [0.05, 0.1) is 6.54 Å². The smallest absolute Gasteiger partial charge is 0.322 e. The highest BCUT2D eigenvalue weighted by Crippen LogP contribution is 2.13. The van der Waals surface area contributed by atoms with E-state index in [4.69, 9.17) is 5.11 Å². The largest absolute Gasteiger partial charge is 0.480 e. The van der Waals surface area contributed by atoms with Crippen LogP contribution in [0.3, 0.4) is 0 Å². The minimum absolute atomic E-state index is 0.136. The lowest BCUT2D eigenvalue weighted by Gasteiger charge is -2.18. The molecule has 17 heavy (non-hydrogen) atoms. The quantitative estimate of drug-likeness (QED) is 0.786. The van der Waals surface area contributed by atoms with Crippen molar-refractivity contribution in [1.29, 1.82) is 0 Å². The average molecular weight is 236 g/mol. The fourth-order valence-electron chi connectivity index (χ4n) is 1.40. The molecule has 0 atom stereocenters. The predicted octanol–water partition coefficient (Wildman–Crippen LogP) is 0.632. The van der Waals surface area contributed by atoms with E-state index >= 15 is 0 Å². The minimum Gasteiger partial charge on any atom is -0.480 e. The first-order chi connectivity index (χ1) is 7.99. The summed E-state index contributed by atoms with van der Waals surface area (Å²) in [7, 11) is 1.79. The van der Waals surface area contributed by atoms with Crippen molar-refractivity contribution in [1.82, 2.24) is 5.32 Å². The van der Waals surface area contributed by atoms with Crippen molar-refractivity contribution >= 4 is 17.6 Å². The maximum Gasteiger partial charge on any atom is 0.322 e. The van der Waals surface area contributed by atoms with E-state index in [1.165, 1.54) is 0 Å². The number of hydrogen-bond donors (Lipinski definition) is 2. The van der Waals surface area contributed by atoms with Crippen LogP contribution in [0.15, 0.2) is 24.3 Å². The van der Waals surface area contributed by atoms with Gasteiger partial charge in [-0.3, -0.25) is 9.59 Å². The molecule has 92 valence electrons. The highest BCUT2D eigenvalue weighted by molar-refractivity contribution is 5.84. The Bertz CT molecular complexity index is 418. The van der Waals surface area contributed by atoms with Crippen LogP contribution in [0.4, 0.5) is 5.69 Å². The maximum atomic E-state index is 11.4. The van der Waals surface area contributed by atoms with Crippen molar-refractivity contribution in [3.05, 3.63) is 29.8 Å². The Morgan fingerprint density at radius 1 is 1.41 bits per heavy atom. The molecule has 1 rings (SSSR count).